The quantitative estimate of drug-likeness (QED) is 0.884. The number of benzene rings is 1. The van der Waals surface area contributed by atoms with Crippen LogP contribution in [0.4, 0.5) is 0 Å². The van der Waals surface area contributed by atoms with Crippen molar-refractivity contribution in [3.8, 4) is 0 Å². The maximum absolute atomic E-state index is 12.2. The van der Waals surface area contributed by atoms with Gasteiger partial charge >= 0.3 is 5.97 Å². The fourth-order valence-electron chi connectivity index (χ4n) is 2.01. The number of carboxylic acids is 1. The van der Waals surface area contributed by atoms with Crippen LogP contribution in [0.3, 0.4) is 0 Å². The number of nitrogens with one attached hydrogen (secondary N) is 1. The Kier molecular flexibility index (Phi) is 4.83. The lowest BCUT2D eigenvalue weighted by atomic mass is 10.0. The summed E-state index contributed by atoms with van der Waals surface area (Å²) in [5.74, 6) is -1.55. The van der Waals surface area contributed by atoms with Gasteiger partial charge in [-0.15, -0.1) is 0 Å². The predicted octanol–water partition coefficient (Wildman–Crippen LogP) is 2.36. The van der Waals surface area contributed by atoms with E-state index in [0.717, 1.165) is 23.7 Å². The van der Waals surface area contributed by atoms with Crippen molar-refractivity contribution in [1.82, 2.24) is 15.3 Å². The topological polar surface area (TPSA) is 92.2 Å². The van der Waals surface area contributed by atoms with Crippen molar-refractivity contribution >= 4 is 11.9 Å². The summed E-state index contributed by atoms with van der Waals surface area (Å²) < 4.78 is 0. The summed E-state index contributed by atoms with van der Waals surface area (Å²) in [7, 11) is 0. The van der Waals surface area contributed by atoms with Crippen molar-refractivity contribution in [2.45, 2.75) is 26.3 Å². The summed E-state index contributed by atoms with van der Waals surface area (Å²) in [6, 6.07) is 7.80. The summed E-state index contributed by atoms with van der Waals surface area (Å²) in [6.07, 6.45) is 2.97. The van der Waals surface area contributed by atoms with Gasteiger partial charge in [0.25, 0.3) is 5.91 Å². The Morgan fingerprint density at radius 2 is 1.73 bits per heavy atom. The highest BCUT2D eigenvalue weighted by Crippen LogP contribution is 2.17. The Labute approximate surface area is 128 Å². The first kappa shape index (κ1) is 15.6. The van der Waals surface area contributed by atoms with Crippen molar-refractivity contribution in [3.63, 3.8) is 0 Å². The van der Waals surface area contributed by atoms with Crippen LogP contribution < -0.4 is 5.32 Å². The van der Waals surface area contributed by atoms with Crippen LogP contribution in [0.1, 0.15) is 51.5 Å². The molecule has 6 heteroatoms. The minimum absolute atomic E-state index is 0.0931. The van der Waals surface area contributed by atoms with Crippen molar-refractivity contribution in [2.24, 2.45) is 0 Å². The van der Waals surface area contributed by atoms with Gasteiger partial charge < -0.3 is 10.4 Å². The van der Waals surface area contributed by atoms with E-state index in [-0.39, 0.29) is 23.3 Å². The summed E-state index contributed by atoms with van der Waals surface area (Å²) in [5.41, 5.74) is 2.06. The van der Waals surface area contributed by atoms with Crippen LogP contribution in [0, 0.1) is 6.92 Å². The zero-order valence-corrected chi connectivity index (χ0v) is 12.4. The van der Waals surface area contributed by atoms with Gasteiger partial charge in [0, 0.05) is 0 Å². The van der Waals surface area contributed by atoms with Crippen LogP contribution in [-0.2, 0) is 0 Å². The molecule has 0 aliphatic carbocycles. The second-order valence-electron chi connectivity index (χ2n) is 4.94. The minimum atomic E-state index is -1.18. The zero-order chi connectivity index (χ0) is 16.1. The molecular formula is C16H17N3O3. The first-order valence-corrected chi connectivity index (χ1v) is 6.94. The Morgan fingerprint density at radius 3 is 2.23 bits per heavy atom. The molecule has 1 unspecified atom stereocenters. The number of carbonyl (C=O) groups is 2. The molecule has 114 valence electrons. The second kappa shape index (κ2) is 6.80. The smallest absolute Gasteiger partial charge is 0.356 e. The average Bonchev–Trinajstić information content (AvgIpc) is 2.53. The van der Waals surface area contributed by atoms with Gasteiger partial charge in [-0.1, -0.05) is 36.8 Å². The van der Waals surface area contributed by atoms with Gasteiger partial charge in [0.1, 0.15) is 5.69 Å². The predicted molar refractivity (Wildman–Crippen MR) is 80.7 cm³/mol. The van der Waals surface area contributed by atoms with E-state index in [2.05, 4.69) is 15.3 Å². The fourth-order valence-corrected chi connectivity index (χ4v) is 2.01. The van der Waals surface area contributed by atoms with E-state index in [0.29, 0.717) is 0 Å². The zero-order valence-electron chi connectivity index (χ0n) is 12.4. The summed E-state index contributed by atoms with van der Waals surface area (Å²) in [5, 5.41) is 11.6. The number of carbonyl (C=O) groups excluding carboxylic acids is 1. The molecule has 1 aromatic heterocycles. The second-order valence-corrected chi connectivity index (χ2v) is 4.94. The molecule has 1 aromatic carbocycles. The SMILES string of the molecule is CCC(NC(=O)c1cnc(C(=O)O)cn1)c1ccc(C)cc1. The van der Waals surface area contributed by atoms with Crippen molar-refractivity contribution in [1.29, 1.82) is 0 Å². The summed E-state index contributed by atoms with van der Waals surface area (Å²) in [4.78, 5) is 30.4. The highest BCUT2D eigenvalue weighted by atomic mass is 16.4. The lowest BCUT2D eigenvalue weighted by Gasteiger charge is -2.17. The Bertz CT molecular complexity index is 666. The normalized spacial score (nSPS) is 11.7. The molecule has 0 aliphatic rings. The number of amides is 1. The van der Waals surface area contributed by atoms with Crippen molar-refractivity contribution in [3.05, 3.63) is 59.2 Å². The molecular weight excluding hydrogens is 282 g/mol. The average molecular weight is 299 g/mol. The first-order valence-electron chi connectivity index (χ1n) is 6.94. The number of rotatable bonds is 5. The molecule has 0 radical (unpaired) electrons. The number of nitrogens with zero attached hydrogens (tertiary/aromatic N) is 2. The van der Waals surface area contributed by atoms with Crippen LogP contribution in [0.15, 0.2) is 36.7 Å². The van der Waals surface area contributed by atoms with E-state index >= 15 is 0 Å². The Hall–Kier alpha value is -2.76. The maximum Gasteiger partial charge on any atom is 0.356 e. The van der Waals surface area contributed by atoms with Crippen LogP contribution in [0.5, 0.6) is 0 Å². The van der Waals surface area contributed by atoms with Crippen molar-refractivity contribution < 1.29 is 14.7 Å². The van der Waals surface area contributed by atoms with E-state index in [1.165, 1.54) is 6.20 Å². The van der Waals surface area contributed by atoms with E-state index in [4.69, 9.17) is 5.11 Å². The van der Waals surface area contributed by atoms with Gasteiger partial charge in [0.05, 0.1) is 18.4 Å². The van der Waals surface area contributed by atoms with Gasteiger partial charge in [0.2, 0.25) is 0 Å². The van der Waals surface area contributed by atoms with E-state index in [1.54, 1.807) is 0 Å². The molecule has 2 rings (SSSR count). The molecule has 1 atom stereocenters. The number of carboxylic acid groups (broad SMARTS) is 1. The van der Waals surface area contributed by atoms with Crippen LogP contribution >= 0.6 is 0 Å². The number of hydrogen-bond acceptors (Lipinski definition) is 4. The minimum Gasteiger partial charge on any atom is -0.476 e. The highest BCUT2D eigenvalue weighted by molar-refractivity contribution is 5.93. The molecule has 2 aromatic rings. The summed E-state index contributed by atoms with van der Waals surface area (Å²) in [6.45, 7) is 3.98. The van der Waals surface area contributed by atoms with Gasteiger partial charge in [-0.25, -0.2) is 14.8 Å². The molecule has 2 N–H and O–H groups in total. The first-order chi connectivity index (χ1) is 10.5. The number of aromatic nitrogens is 2. The molecule has 0 saturated carbocycles. The van der Waals surface area contributed by atoms with E-state index < -0.39 is 5.97 Å². The monoisotopic (exact) mass is 299 g/mol. The van der Waals surface area contributed by atoms with Crippen LogP contribution in [0.2, 0.25) is 0 Å². The van der Waals surface area contributed by atoms with Gasteiger partial charge in [0.15, 0.2) is 5.69 Å². The summed E-state index contributed by atoms with van der Waals surface area (Å²) >= 11 is 0. The van der Waals surface area contributed by atoms with Gasteiger partial charge in [-0.2, -0.15) is 0 Å². The molecule has 0 aliphatic heterocycles. The largest absolute Gasteiger partial charge is 0.476 e. The third-order valence-corrected chi connectivity index (χ3v) is 3.30. The Morgan fingerprint density at radius 1 is 1.14 bits per heavy atom. The molecule has 0 fully saturated rings. The molecule has 0 bridgehead atoms. The van der Waals surface area contributed by atoms with Crippen LogP contribution in [-0.4, -0.2) is 27.0 Å². The Balaban J connectivity index is 2.11. The number of aromatic carboxylic acids is 1. The van der Waals surface area contributed by atoms with Gasteiger partial charge in [-0.3, -0.25) is 4.79 Å². The fraction of sp³-hybridized carbons (Fsp3) is 0.250. The lowest BCUT2D eigenvalue weighted by molar-refractivity contribution is 0.0689. The van der Waals surface area contributed by atoms with E-state index in [1.807, 2.05) is 38.1 Å². The highest BCUT2D eigenvalue weighted by Gasteiger charge is 2.16. The van der Waals surface area contributed by atoms with E-state index in [9.17, 15) is 9.59 Å². The van der Waals surface area contributed by atoms with Gasteiger partial charge in [-0.05, 0) is 18.9 Å². The standard InChI is InChI=1S/C16H17N3O3/c1-3-12(11-6-4-10(2)5-7-11)19-15(20)13-8-18-14(9-17-13)16(21)22/h4-9,12H,3H2,1-2H3,(H,19,20)(H,21,22). The van der Waals surface area contributed by atoms with Crippen molar-refractivity contribution in [2.75, 3.05) is 0 Å². The molecule has 1 amide bonds. The number of aryl methyl sites for hydroxylation is 1. The molecule has 0 saturated heterocycles. The van der Waals surface area contributed by atoms with Crippen LogP contribution in [0.25, 0.3) is 0 Å². The molecule has 6 nitrogen and oxygen atoms in total. The lowest BCUT2D eigenvalue weighted by Crippen LogP contribution is -2.29. The molecule has 22 heavy (non-hydrogen) atoms. The molecule has 0 spiro atoms. The maximum atomic E-state index is 12.2. The number of hydrogen-bond donors (Lipinski definition) is 2. The molecule has 1 heterocycles. The third kappa shape index (κ3) is 3.66. The third-order valence-electron chi connectivity index (χ3n) is 3.30.